The summed E-state index contributed by atoms with van der Waals surface area (Å²) in [7, 11) is 0. The first-order chi connectivity index (χ1) is 10.2. The Kier molecular flexibility index (Phi) is 9.49. The topological polar surface area (TPSA) is 88.9 Å². The van der Waals surface area contributed by atoms with E-state index in [1.54, 1.807) is 6.92 Å². The summed E-state index contributed by atoms with van der Waals surface area (Å²) in [6, 6.07) is 0. The second-order valence-electron chi connectivity index (χ2n) is 3.96. The summed E-state index contributed by atoms with van der Waals surface area (Å²) in [5, 5.41) is 9.50. The van der Waals surface area contributed by atoms with Gasteiger partial charge in [-0.2, -0.15) is 0 Å². The van der Waals surface area contributed by atoms with E-state index in [4.69, 9.17) is 51.5 Å². The number of hydrogen-bond donors (Lipinski definition) is 1. The van der Waals surface area contributed by atoms with Gasteiger partial charge in [0.1, 0.15) is 10.3 Å². The van der Waals surface area contributed by atoms with Crippen molar-refractivity contribution in [3.05, 3.63) is 44.4 Å². The van der Waals surface area contributed by atoms with E-state index in [-0.39, 0.29) is 39.6 Å². The molecule has 0 saturated heterocycles. The van der Waals surface area contributed by atoms with E-state index in [2.05, 4.69) is 19.9 Å². The molecule has 0 saturated carbocycles. The van der Waals surface area contributed by atoms with Gasteiger partial charge in [0.05, 0.1) is 11.7 Å². The van der Waals surface area contributed by atoms with Gasteiger partial charge in [-0.1, -0.05) is 30.6 Å². The molecule has 0 aliphatic heterocycles. The van der Waals surface area contributed by atoms with Gasteiger partial charge < -0.3 is 5.11 Å². The second-order valence-corrected chi connectivity index (χ2v) is 5.35. The average molecular weight is 400 g/mol. The largest absolute Gasteiger partial charge is 0.389 e. The van der Waals surface area contributed by atoms with E-state index in [9.17, 15) is 4.79 Å². The first-order valence-electron chi connectivity index (χ1n) is 5.77. The van der Waals surface area contributed by atoms with Crippen LogP contribution in [0.5, 0.6) is 0 Å². The summed E-state index contributed by atoms with van der Waals surface area (Å²) in [5.74, 6) is -0.174. The number of carbonyl (C=O) groups is 1. The summed E-state index contributed by atoms with van der Waals surface area (Å²) in [5.41, 5.74) is 0.770. The lowest BCUT2D eigenvalue weighted by molar-refractivity contribution is 0.101. The molecular weight excluding hydrogens is 386 g/mol. The third-order valence-corrected chi connectivity index (χ3v) is 3.24. The van der Waals surface area contributed by atoms with Gasteiger partial charge in [-0.25, -0.2) is 19.9 Å². The monoisotopic (exact) mass is 398 g/mol. The first-order valence-corrected chi connectivity index (χ1v) is 7.28. The lowest BCUT2D eigenvalue weighted by atomic mass is 10.2. The van der Waals surface area contributed by atoms with Crippen LogP contribution in [0.15, 0.2) is 12.4 Å². The first kappa shape index (κ1) is 21.9. The second kappa shape index (κ2) is 9.95. The number of hydrogen-bond acceptors (Lipinski definition) is 6. The Bertz CT molecular complexity index is 683. The number of carbonyl (C=O) groups excluding carboxylic acids is 1. The Balaban J connectivity index is 0.000000403. The molecule has 0 fully saturated rings. The molecule has 1 unspecified atom stereocenters. The summed E-state index contributed by atoms with van der Waals surface area (Å²) in [6.07, 6.45) is 2.04. The third-order valence-electron chi connectivity index (χ3n) is 2.28. The summed E-state index contributed by atoms with van der Waals surface area (Å²) >= 11 is 22.0. The quantitative estimate of drug-likeness (QED) is 0.455. The normalized spacial score (nSPS) is 10.9. The predicted octanol–water partition coefficient (Wildman–Crippen LogP) is 4.46. The standard InChI is InChI=1S/C6H6Cl2N2O.C6H4Cl2N2O.CH4/c2*1-3(11)4-2-9-6(8)10-5(4)7;/h2-3,11H,1H3;2H,1H3;1H4. The van der Waals surface area contributed by atoms with Crippen LogP contribution in [0.1, 0.15) is 43.3 Å². The maximum atomic E-state index is 10.8. The Morgan fingerprint density at radius 2 is 1.52 bits per heavy atom. The number of ketones is 1. The van der Waals surface area contributed by atoms with Crippen LogP contribution in [0.3, 0.4) is 0 Å². The molecule has 0 aromatic carbocycles. The molecule has 1 atom stereocenters. The number of nitrogens with zero attached hydrogens (tertiary/aromatic N) is 4. The van der Waals surface area contributed by atoms with Crippen LogP contribution in [0.25, 0.3) is 0 Å². The van der Waals surface area contributed by atoms with Crippen LogP contribution in [0.4, 0.5) is 0 Å². The van der Waals surface area contributed by atoms with Gasteiger partial charge in [-0.15, -0.1) is 0 Å². The van der Waals surface area contributed by atoms with Crippen molar-refractivity contribution in [2.75, 3.05) is 0 Å². The Labute approximate surface area is 153 Å². The highest BCUT2D eigenvalue weighted by molar-refractivity contribution is 6.34. The zero-order valence-corrected chi connectivity index (χ0v) is 14.4. The van der Waals surface area contributed by atoms with Crippen LogP contribution in [-0.2, 0) is 0 Å². The van der Waals surface area contributed by atoms with Crippen LogP contribution in [0.2, 0.25) is 20.9 Å². The minimum Gasteiger partial charge on any atom is -0.389 e. The van der Waals surface area contributed by atoms with E-state index in [1.807, 2.05) is 0 Å². The molecule has 10 heteroatoms. The molecule has 2 rings (SSSR count). The molecule has 0 radical (unpaired) electrons. The molecule has 0 aliphatic rings. The molecule has 0 aliphatic carbocycles. The molecular formula is C13H14Cl4N4O2. The maximum absolute atomic E-state index is 10.8. The molecule has 0 amide bonds. The molecule has 1 N–H and O–H groups in total. The highest BCUT2D eigenvalue weighted by Crippen LogP contribution is 2.20. The predicted molar refractivity (Wildman–Crippen MR) is 91.5 cm³/mol. The number of aromatic nitrogens is 4. The molecule has 6 nitrogen and oxygen atoms in total. The summed E-state index contributed by atoms with van der Waals surface area (Å²) < 4.78 is 0. The Morgan fingerprint density at radius 3 is 1.91 bits per heavy atom. The molecule has 0 bridgehead atoms. The molecule has 0 spiro atoms. The van der Waals surface area contributed by atoms with Crippen molar-refractivity contribution >= 4 is 52.2 Å². The number of aliphatic hydroxyl groups excluding tert-OH is 1. The van der Waals surface area contributed by atoms with Gasteiger partial charge >= 0.3 is 0 Å². The zero-order chi connectivity index (χ0) is 16.9. The van der Waals surface area contributed by atoms with E-state index < -0.39 is 6.10 Å². The molecule has 2 aromatic rings. The summed E-state index contributed by atoms with van der Waals surface area (Å²) in [6.45, 7) is 2.97. The van der Waals surface area contributed by atoms with Crippen molar-refractivity contribution in [3.63, 3.8) is 0 Å². The Hall–Kier alpha value is -1.05. The summed E-state index contributed by atoms with van der Waals surface area (Å²) in [4.78, 5) is 25.3. The van der Waals surface area contributed by atoms with Gasteiger partial charge in [-0.3, -0.25) is 4.79 Å². The highest BCUT2D eigenvalue weighted by Gasteiger charge is 2.08. The van der Waals surface area contributed by atoms with Crippen LogP contribution in [-0.4, -0.2) is 30.8 Å². The van der Waals surface area contributed by atoms with Crippen LogP contribution in [0, 0.1) is 0 Å². The van der Waals surface area contributed by atoms with Crippen molar-refractivity contribution in [1.82, 2.24) is 19.9 Å². The smallest absolute Gasteiger partial charge is 0.223 e. The zero-order valence-electron chi connectivity index (χ0n) is 11.4. The maximum Gasteiger partial charge on any atom is 0.223 e. The van der Waals surface area contributed by atoms with E-state index in [0.717, 1.165) is 0 Å². The van der Waals surface area contributed by atoms with Gasteiger partial charge in [0.25, 0.3) is 0 Å². The van der Waals surface area contributed by atoms with E-state index in [0.29, 0.717) is 5.56 Å². The van der Waals surface area contributed by atoms with Crippen LogP contribution < -0.4 is 0 Å². The van der Waals surface area contributed by atoms with Gasteiger partial charge in [0.2, 0.25) is 10.6 Å². The van der Waals surface area contributed by atoms with Crippen molar-refractivity contribution in [3.8, 4) is 0 Å². The fraction of sp³-hybridized carbons (Fsp3) is 0.308. The fourth-order valence-electron chi connectivity index (χ4n) is 1.21. The molecule has 2 aromatic heterocycles. The van der Waals surface area contributed by atoms with Crippen molar-refractivity contribution in [1.29, 1.82) is 0 Å². The molecule has 23 heavy (non-hydrogen) atoms. The third kappa shape index (κ3) is 6.93. The van der Waals surface area contributed by atoms with Gasteiger partial charge in [-0.05, 0) is 37.0 Å². The SMILES string of the molecule is C.CC(=O)c1cnc(Cl)nc1Cl.CC(O)c1cnc(Cl)nc1Cl. The number of Topliss-reactive ketones (excluding diaryl/α,β-unsaturated/α-hetero) is 1. The molecule has 126 valence electrons. The van der Waals surface area contributed by atoms with Crippen LogP contribution >= 0.6 is 46.4 Å². The number of rotatable bonds is 2. The lowest BCUT2D eigenvalue weighted by Gasteiger charge is -2.04. The number of aliphatic hydroxyl groups is 1. The van der Waals surface area contributed by atoms with Gasteiger partial charge in [0.15, 0.2) is 5.78 Å². The van der Waals surface area contributed by atoms with E-state index >= 15 is 0 Å². The average Bonchev–Trinajstić information content (AvgIpc) is 2.38. The van der Waals surface area contributed by atoms with Crippen molar-refractivity contribution in [2.24, 2.45) is 0 Å². The minimum atomic E-state index is -0.667. The van der Waals surface area contributed by atoms with E-state index in [1.165, 1.54) is 19.3 Å². The minimum absolute atomic E-state index is 0. The lowest BCUT2D eigenvalue weighted by Crippen LogP contribution is -1.97. The van der Waals surface area contributed by atoms with Gasteiger partial charge in [0, 0.05) is 18.0 Å². The van der Waals surface area contributed by atoms with Crippen molar-refractivity contribution < 1.29 is 9.90 Å². The Morgan fingerprint density at radius 1 is 1.04 bits per heavy atom. The highest BCUT2D eigenvalue weighted by atomic mass is 35.5. The fourth-order valence-corrected chi connectivity index (χ4v) is 2.11. The number of halogens is 4. The molecule has 2 heterocycles. The van der Waals surface area contributed by atoms with Crippen molar-refractivity contribution in [2.45, 2.75) is 27.4 Å².